The van der Waals surface area contributed by atoms with Gasteiger partial charge in [-0.05, 0) is 30.3 Å². The molecule has 0 atom stereocenters. The number of ether oxygens (including phenoxy) is 2. The van der Waals surface area contributed by atoms with E-state index in [0.717, 1.165) is 0 Å². The molecule has 0 aliphatic carbocycles. The number of carbonyl (C=O) groups excluding carboxylic acids is 1. The summed E-state index contributed by atoms with van der Waals surface area (Å²) in [4.78, 5) is 16.2. The minimum Gasteiger partial charge on any atom is -0.454 e. The van der Waals surface area contributed by atoms with Crippen molar-refractivity contribution in [2.75, 3.05) is 6.79 Å². The first-order valence-electron chi connectivity index (χ1n) is 7.46. The maximum atomic E-state index is 13.6. The van der Waals surface area contributed by atoms with E-state index in [1.807, 2.05) is 0 Å². The van der Waals surface area contributed by atoms with Gasteiger partial charge in [-0.2, -0.15) is 4.98 Å². The van der Waals surface area contributed by atoms with Crippen LogP contribution in [0, 0.1) is 5.82 Å². The number of nitrogens with one attached hydrogen (secondary N) is 1. The second-order valence-electron chi connectivity index (χ2n) is 5.24. The molecule has 1 N–H and O–H groups in total. The van der Waals surface area contributed by atoms with Crippen LogP contribution in [0.25, 0.3) is 11.4 Å². The van der Waals surface area contributed by atoms with Crippen molar-refractivity contribution in [2.45, 2.75) is 6.54 Å². The summed E-state index contributed by atoms with van der Waals surface area (Å²) in [7, 11) is 0. The molecule has 0 bridgehead atoms. The van der Waals surface area contributed by atoms with Crippen LogP contribution in [-0.2, 0) is 6.54 Å². The van der Waals surface area contributed by atoms with Gasteiger partial charge in [0.15, 0.2) is 11.5 Å². The maximum Gasteiger partial charge on any atom is 0.254 e. The number of fused-ring (bicyclic) bond motifs is 1. The summed E-state index contributed by atoms with van der Waals surface area (Å²) < 4.78 is 29.2. The lowest BCUT2D eigenvalue weighted by molar-refractivity contribution is 0.0942. The van der Waals surface area contributed by atoms with Crippen molar-refractivity contribution in [2.24, 2.45) is 0 Å². The number of carbonyl (C=O) groups is 1. The highest BCUT2D eigenvalue weighted by atomic mass is 19.1. The molecule has 0 radical (unpaired) electrons. The van der Waals surface area contributed by atoms with E-state index in [1.165, 1.54) is 18.2 Å². The van der Waals surface area contributed by atoms with Gasteiger partial charge in [0.2, 0.25) is 18.5 Å². The molecule has 0 unspecified atom stereocenters. The molecule has 1 aliphatic rings. The number of halogens is 1. The van der Waals surface area contributed by atoms with Crippen molar-refractivity contribution in [3.8, 4) is 22.9 Å². The number of amides is 1. The second kappa shape index (κ2) is 6.23. The number of hydrogen-bond acceptors (Lipinski definition) is 6. The number of nitrogens with zero attached hydrogens (tertiary/aromatic N) is 2. The first-order valence-corrected chi connectivity index (χ1v) is 7.46. The molecule has 2 heterocycles. The van der Waals surface area contributed by atoms with E-state index in [0.29, 0.717) is 22.9 Å². The van der Waals surface area contributed by atoms with Gasteiger partial charge in [-0.15, -0.1) is 0 Å². The van der Waals surface area contributed by atoms with Crippen LogP contribution in [0.2, 0.25) is 0 Å². The molecule has 3 aromatic rings. The van der Waals surface area contributed by atoms with Gasteiger partial charge in [0.25, 0.3) is 5.91 Å². The third-order valence-electron chi connectivity index (χ3n) is 3.62. The molecule has 4 rings (SSSR count). The normalized spacial score (nSPS) is 12.2. The zero-order valence-electron chi connectivity index (χ0n) is 12.9. The molecule has 0 saturated heterocycles. The Bertz CT molecular complexity index is 941. The maximum absolute atomic E-state index is 13.6. The highest BCUT2D eigenvalue weighted by molar-refractivity contribution is 5.94. The SMILES string of the molecule is O=C(NCc1nc(-c2ccc3c(c2)OCO3)no1)c1ccccc1F. The molecule has 2 aromatic carbocycles. The Morgan fingerprint density at radius 1 is 1.16 bits per heavy atom. The van der Waals surface area contributed by atoms with Crippen LogP contribution in [0.5, 0.6) is 11.5 Å². The average Bonchev–Trinajstić information content (AvgIpc) is 3.28. The van der Waals surface area contributed by atoms with Crippen LogP contribution in [0.3, 0.4) is 0 Å². The van der Waals surface area contributed by atoms with E-state index in [2.05, 4.69) is 15.5 Å². The van der Waals surface area contributed by atoms with Crippen LogP contribution < -0.4 is 14.8 Å². The fourth-order valence-corrected chi connectivity index (χ4v) is 2.38. The molecule has 126 valence electrons. The summed E-state index contributed by atoms with van der Waals surface area (Å²) in [5.74, 6) is 0.680. The van der Waals surface area contributed by atoms with Crippen molar-refractivity contribution < 1.29 is 23.2 Å². The van der Waals surface area contributed by atoms with Crippen LogP contribution in [0.15, 0.2) is 47.0 Å². The van der Waals surface area contributed by atoms with Gasteiger partial charge in [-0.25, -0.2) is 4.39 Å². The van der Waals surface area contributed by atoms with Crippen molar-refractivity contribution in [3.05, 3.63) is 59.7 Å². The van der Waals surface area contributed by atoms with Crippen LogP contribution >= 0.6 is 0 Å². The van der Waals surface area contributed by atoms with E-state index >= 15 is 0 Å². The summed E-state index contributed by atoms with van der Waals surface area (Å²) in [5, 5.41) is 6.41. The zero-order chi connectivity index (χ0) is 17.2. The van der Waals surface area contributed by atoms with E-state index in [-0.39, 0.29) is 24.8 Å². The number of hydrogen-bond donors (Lipinski definition) is 1. The molecule has 25 heavy (non-hydrogen) atoms. The van der Waals surface area contributed by atoms with Crippen LogP contribution in [-0.4, -0.2) is 22.8 Å². The monoisotopic (exact) mass is 341 g/mol. The van der Waals surface area contributed by atoms with Crippen molar-refractivity contribution >= 4 is 5.91 Å². The fourth-order valence-electron chi connectivity index (χ4n) is 2.38. The summed E-state index contributed by atoms with van der Waals surface area (Å²) in [6.45, 7) is 0.170. The highest BCUT2D eigenvalue weighted by Gasteiger charge is 2.17. The third-order valence-corrected chi connectivity index (χ3v) is 3.62. The predicted octanol–water partition coefficient (Wildman–Crippen LogP) is 2.53. The van der Waals surface area contributed by atoms with Gasteiger partial charge in [-0.3, -0.25) is 4.79 Å². The first kappa shape index (κ1) is 15.1. The number of benzene rings is 2. The molecule has 7 nitrogen and oxygen atoms in total. The lowest BCUT2D eigenvalue weighted by atomic mass is 10.2. The molecule has 0 fully saturated rings. The van der Waals surface area contributed by atoms with Gasteiger partial charge in [-0.1, -0.05) is 17.3 Å². The molecule has 1 aromatic heterocycles. The summed E-state index contributed by atoms with van der Waals surface area (Å²) in [6, 6.07) is 11.0. The highest BCUT2D eigenvalue weighted by Crippen LogP contribution is 2.35. The van der Waals surface area contributed by atoms with Crippen LogP contribution in [0.4, 0.5) is 4.39 Å². The summed E-state index contributed by atoms with van der Waals surface area (Å²) in [5.41, 5.74) is 0.651. The first-order chi connectivity index (χ1) is 12.2. The third kappa shape index (κ3) is 3.01. The van der Waals surface area contributed by atoms with Gasteiger partial charge >= 0.3 is 0 Å². The van der Waals surface area contributed by atoms with Gasteiger partial charge < -0.3 is 19.3 Å². The Morgan fingerprint density at radius 2 is 2.00 bits per heavy atom. The summed E-state index contributed by atoms with van der Waals surface area (Å²) >= 11 is 0. The largest absolute Gasteiger partial charge is 0.454 e. The molecule has 1 amide bonds. The van der Waals surface area contributed by atoms with Gasteiger partial charge in [0.1, 0.15) is 5.82 Å². The molecule has 1 aliphatic heterocycles. The Kier molecular flexibility index (Phi) is 3.77. The Morgan fingerprint density at radius 3 is 2.88 bits per heavy atom. The van der Waals surface area contributed by atoms with E-state index < -0.39 is 11.7 Å². The predicted molar refractivity (Wildman–Crippen MR) is 83.4 cm³/mol. The zero-order valence-corrected chi connectivity index (χ0v) is 12.9. The topological polar surface area (TPSA) is 86.5 Å². The number of aromatic nitrogens is 2. The van der Waals surface area contributed by atoms with Gasteiger partial charge in [0.05, 0.1) is 12.1 Å². The van der Waals surface area contributed by atoms with Crippen LogP contribution in [0.1, 0.15) is 16.2 Å². The van der Waals surface area contributed by atoms with Gasteiger partial charge in [0, 0.05) is 5.56 Å². The Labute approximate surface area is 141 Å². The minimum absolute atomic E-state index is 0.00921. The molecule has 8 heteroatoms. The second-order valence-corrected chi connectivity index (χ2v) is 5.24. The van der Waals surface area contributed by atoms with E-state index in [4.69, 9.17) is 14.0 Å². The fraction of sp³-hybridized carbons (Fsp3) is 0.118. The van der Waals surface area contributed by atoms with E-state index in [1.54, 1.807) is 24.3 Å². The summed E-state index contributed by atoms with van der Waals surface area (Å²) in [6.07, 6.45) is 0. The Balaban J connectivity index is 1.45. The average molecular weight is 341 g/mol. The molecule has 0 spiro atoms. The number of rotatable bonds is 4. The van der Waals surface area contributed by atoms with Crippen molar-refractivity contribution in [3.63, 3.8) is 0 Å². The lowest BCUT2D eigenvalue weighted by Crippen LogP contribution is -2.23. The van der Waals surface area contributed by atoms with Crippen molar-refractivity contribution in [1.82, 2.24) is 15.5 Å². The Hall–Kier alpha value is -3.42. The van der Waals surface area contributed by atoms with E-state index in [9.17, 15) is 9.18 Å². The smallest absolute Gasteiger partial charge is 0.254 e. The molecular formula is C17H12FN3O4. The minimum atomic E-state index is -0.591. The molecular weight excluding hydrogens is 329 g/mol. The molecule has 0 saturated carbocycles. The lowest BCUT2D eigenvalue weighted by Gasteiger charge is -2.02. The standard InChI is InChI=1S/C17H12FN3O4/c18-12-4-2-1-3-11(12)17(22)19-8-15-20-16(21-25-15)10-5-6-13-14(7-10)24-9-23-13/h1-7H,8-9H2,(H,19,22). The quantitative estimate of drug-likeness (QED) is 0.785. The van der Waals surface area contributed by atoms with Crippen molar-refractivity contribution in [1.29, 1.82) is 0 Å².